The Kier molecular flexibility index (Phi) is 3.11. The molecule has 94 valence electrons. The van der Waals surface area contributed by atoms with E-state index in [1.54, 1.807) is 0 Å². The molecule has 2 heterocycles. The second-order valence-corrected chi connectivity index (χ2v) is 6.02. The van der Waals surface area contributed by atoms with Crippen LogP contribution in [0.5, 0.6) is 0 Å². The van der Waals surface area contributed by atoms with Gasteiger partial charge in [0.15, 0.2) is 9.84 Å². The lowest BCUT2D eigenvalue weighted by Crippen LogP contribution is -2.46. The summed E-state index contributed by atoms with van der Waals surface area (Å²) in [6.07, 6.45) is 0.208. The van der Waals surface area contributed by atoms with Crippen LogP contribution in [0.1, 0.15) is 16.5 Å². The van der Waals surface area contributed by atoms with Crippen molar-refractivity contribution in [1.29, 1.82) is 0 Å². The van der Waals surface area contributed by atoms with Crippen LogP contribution in [0.2, 0.25) is 0 Å². The van der Waals surface area contributed by atoms with Gasteiger partial charge in [-0.15, -0.1) is 0 Å². The number of sulfone groups is 1. The normalized spacial score (nSPS) is 23.4. The number of hydrogen-bond donors (Lipinski definition) is 2. The number of rotatable bonds is 3. The van der Waals surface area contributed by atoms with Crippen molar-refractivity contribution in [2.24, 2.45) is 0 Å². The van der Waals surface area contributed by atoms with Crippen LogP contribution in [-0.2, 0) is 16.3 Å². The molecule has 17 heavy (non-hydrogen) atoms. The molecule has 0 aromatic carbocycles. The molecule has 0 radical (unpaired) electrons. The van der Waals surface area contributed by atoms with E-state index in [1.807, 2.05) is 0 Å². The third kappa shape index (κ3) is 3.01. The maximum Gasteiger partial charge on any atom is 0.377 e. The summed E-state index contributed by atoms with van der Waals surface area (Å²) in [6.45, 7) is 0.382. The van der Waals surface area contributed by atoms with Crippen LogP contribution >= 0.6 is 0 Å². The number of aromatic nitrogens is 2. The molecule has 9 heteroatoms. The van der Waals surface area contributed by atoms with E-state index in [9.17, 15) is 13.2 Å². The first-order chi connectivity index (χ1) is 7.96. The Labute approximate surface area is 96.9 Å². The van der Waals surface area contributed by atoms with Gasteiger partial charge in [-0.2, -0.15) is 4.98 Å². The fraction of sp³-hybridized carbons (Fsp3) is 0.625. The van der Waals surface area contributed by atoms with Gasteiger partial charge in [-0.05, 0) is 5.16 Å². The van der Waals surface area contributed by atoms with Gasteiger partial charge in [-0.25, -0.2) is 13.2 Å². The molecular weight excluding hydrogens is 250 g/mol. The van der Waals surface area contributed by atoms with Crippen molar-refractivity contribution in [3.05, 3.63) is 11.7 Å². The van der Waals surface area contributed by atoms with E-state index in [0.717, 1.165) is 0 Å². The van der Waals surface area contributed by atoms with Gasteiger partial charge in [0.25, 0.3) is 5.82 Å². The molecule has 0 aliphatic carbocycles. The molecule has 0 amide bonds. The molecule has 1 aliphatic rings. The van der Waals surface area contributed by atoms with Crippen molar-refractivity contribution in [2.45, 2.75) is 12.5 Å². The maximum atomic E-state index is 11.4. The van der Waals surface area contributed by atoms with Crippen LogP contribution < -0.4 is 5.32 Å². The predicted octanol–water partition coefficient (Wildman–Crippen LogP) is -1.30. The van der Waals surface area contributed by atoms with E-state index >= 15 is 0 Å². The van der Waals surface area contributed by atoms with Gasteiger partial charge in [0.2, 0.25) is 5.89 Å². The van der Waals surface area contributed by atoms with Crippen LogP contribution in [0.15, 0.2) is 4.52 Å². The third-order valence-corrected chi connectivity index (χ3v) is 4.12. The predicted molar refractivity (Wildman–Crippen MR) is 55.4 cm³/mol. The number of carboxylic acid groups (broad SMARTS) is 1. The summed E-state index contributed by atoms with van der Waals surface area (Å²) < 4.78 is 27.4. The van der Waals surface area contributed by atoms with Crippen molar-refractivity contribution in [1.82, 2.24) is 15.5 Å². The lowest BCUT2D eigenvalue weighted by atomic mass is 10.2. The highest BCUT2D eigenvalue weighted by atomic mass is 32.2. The number of carbonyl (C=O) groups is 1. The highest BCUT2D eigenvalue weighted by Crippen LogP contribution is 2.07. The first-order valence-electron chi connectivity index (χ1n) is 4.96. The number of nitrogens with one attached hydrogen (secondary N) is 1. The number of hydrogen-bond acceptors (Lipinski definition) is 7. The average molecular weight is 261 g/mol. The first-order valence-corrected chi connectivity index (χ1v) is 6.78. The van der Waals surface area contributed by atoms with Crippen LogP contribution in [0.3, 0.4) is 0 Å². The van der Waals surface area contributed by atoms with Gasteiger partial charge >= 0.3 is 5.97 Å². The molecule has 1 unspecified atom stereocenters. The van der Waals surface area contributed by atoms with E-state index < -0.39 is 21.6 Å². The molecule has 0 spiro atoms. The second kappa shape index (κ2) is 4.41. The van der Waals surface area contributed by atoms with Gasteiger partial charge in [-0.1, -0.05) is 0 Å². The van der Waals surface area contributed by atoms with E-state index in [-0.39, 0.29) is 29.9 Å². The summed E-state index contributed by atoms with van der Waals surface area (Å²) in [5.41, 5.74) is 0. The van der Waals surface area contributed by atoms with Gasteiger partial charge in [0.05, 0.1) is 11.5 Å². The highest BCUT2D eigenvalue weighted by molar-refractivity contribution is 7.91. The highest BCUT2D eigenvalue weighted by Gasteiger charge is 2.26. The minimum absolute atomic E-state index is 0.00220. The Hall–Kier alpha value is -1.48. The third-order valence-electron chi connectivity index (χ3n) is 2.38. The van der Waals surface area contributed by atoms with Gasteiger partial charge < -0.3 is 14.9 Å². The van der Waals surface area contributed by atoms with Crippen molar-refractivity contribution < 1.29 is 22.8 Å². The fourth-order valence-electron chi connectivity index (χ4n) is 1.63. The molecule has 2 N–H and O–H groups in total. The van der Waals surface area contributed by atoms with Crippen molar-refractivity contribution in [3.63, 3.8) is 0 Å². The Morgan fingerprint density at radius 2 is 2.35 bits per heavy atom. The lowest BCUT2D eigenvalue weighted by Gasteiger charge is -2.21. The SMILES string of the molecule is O=C(O)c1noc(CC2CS(=O)(=O)CCN2)n1. The molecule has 1 fully saturated rings. The topological polar surface area (TPSA) is 122 Å². The average Bonchev–Trinajstić information content (AvgIpc) is 2.64. The van der Waals surface area contributed by atoms with Crippen molar-refractivity contribution in [2.75, 3.05) is 18.1 Å². The summed E-state index contributed by atoms with van der Waals surface area (Å²) in [5.74, 6) is -1.45. The Morgan fingerprint density at radius 3 is 2.94 bits per heavy atom. The second-order valence-electron chi connectivity index (χ2n) is 3.79. The van der Waals surface area contributed by atoms with E-state index in [2.05, 4.69) is 15.5 Å². The Bertz CT molecular complexity index is 523. The van der Waals surface area contributed by atoms with Crippen LogP contribution in [0, 0.1) is 0 Å². The zero-order chi connectivity index (χ0) is 12.5. The molecule has 2 rings (SSSR count). The standard InChI is InChI=1S/C8H11N3O5S/c12-8(13)7-10-6(16-11-7)3-5-4-17(14,15)2-1-9-5/h5,9H,1-4H2,(H,12,13). The molecular formula is C8H11N3O5S. The number of aromatic carboxylic acids is 1. The van der Waals surface area contributed by atoms with Crippen LogP contribution in [-0.4, -0.2) is 53.7 Å². The number of carboxylic acids is 1. The quantitative estimate of drug-likeness (QED) is 0.688. The molecule has 0 bridgehead atoms. The Balaban J connectivity index is 2.03. The lowest BCUT2D eigenvalue weighted by molar-refractivity contribution is 0.0680. The minimum Gasteiger partial charge on any atom is -0.475 e. The molecule has 8 nitrogen and oxygen atoms in total. The van der Waals surface area contributed by atoms with Gasteiger partial charge in [0, 0.05) is 19.0 Å². The van der Waals surface area contributed by atoms with Crippen LogP contribution in [0.4, 0.5) is 0 Å². The first kappa shape index (κ1) is 12.0. The zero-order valence-corrected chi connectivity index (χ0v) is 9.61. The molecule has 1 saturated heterocycles. The molecule has 1 aromatic heterocycles. The fourth-order valence-corrected chi connectivity index (χ4v) is 3.08. The maximum absolute atomic E-state index is 11.4. The molecule has 1 aromatic rings. The van der Waals surface area contributed by atoms with Crippen molar-refractivity contribution in [3.8, 4) is 0 Å². The molecule has 1 atom stereocenters. The van der Waals surface area contributed by atoms with E-state index in [1.165, 1.54) is 0 Å². The summed E-state index contributed by atoms with van der Waals surface area (Å²) in [5, 5.41) is 14.9. The van der Waals surface area contributed by atoms with E-state index in [0.29, 0.717) is 6.54 Å². The summed E-state index contributed by atoms with van der Waals surface area (Å²) >= 11 is 0. The molecule has 1 aliphatic heterocycles. The van der Waals surface area contributed by atoms with E-state index in [4.69, 9.17) is 9.63 Å². The van der Waals surface area contributed by atoms with Crippen LogP contribution in [0.25, 0.3) is 0 Å². The summed E-state index contributed by atoms with van der Waals surface area (Å²) in [6, 6.07) is -0.309. The minimum atomic E-state index is -3.03. The largest absolute Gasteiger partial charge is 0.475 e. The Morgan fingerprint density at radius 1 is 1.59 bits per heavy atom. The van der Waals surface area contributed by atoms with Gasteiger partial charge in [0.1, 0.15) is 0 Å². The summed E-state index contributed by atoms with van der Waals surface area (Å²) in [7, 11) is -3.03. The number of nitrogens with zero attached hydrogens (tertiary/aromatic N) is 2. The zero-order valence-electron chi connectivity index (χ0n) is 8.79. The summed E-state index contributed by atoms with van der Waals surface area (Å²) in [4.78, 5) is 14.2. The molecule has 0 saturated carbocycles. The smallest absolute Gasteiger partial charge is 0.377 e. The van der Waals surface area contributed by atoms with Gasteiger partial charge in [-0.3, -0.25) is 0 Å². The monoisotopic (exact) mass is 261 g/mol. The van der Waals surface area contributed by atoms with Crippen molar-refractivity contribution >= 4 is 15.8 Å².